The van der Waals surface area contributed by atoms with Gasteiger partial charge < -0.3 is 10.6 Å². The highest BCUT2D eigenvalue weighted by Gasteiger charge is 2.06. The van der Waals surface area contributed by atoms with E-state index in [-0.39, 0.29) is 24.0 Å². The second-order valence-electron chi connectivity index (χ2n) is 4.94. The number of nitrogens with zero attached hydrogens (tertiary/aromatic N) is 3. The molecule has 1 aromatic heterocycles. The van der Waals surface area contributed by atoms with Crippen LogP contribution in [0.3, 0.4) is 0 Å². The zero-order chi connectivity index (χ0) is 15.0. The molecule has 0 saturated carbocycles. The first-order valence-corrected chi connectivity index (χ1v) is 7.98. The van der Waals surface area contributed by atoms with Crippen LogP contribution in [0.1, 0.15) is 30.7 Å². The Morgan fingerprint density at radius 2 is 2.14 bits per heavy atom. The monoisotopic (exact) mass is 425 g/mol. The lowest BCUT2D eigenvalue weighted by atomic mass is 10.3. The minimum atomic E-state index is 0. The molecule has 0 aliphatic carbocycles. The molecule has 7 heteroatoms. The topological polar surface area (TPSA) is 52.5 Å². The number of hydrogen-bond donors (Lipinski definition) is 2. The Balaban J connectivity index is 0.00000400. The molecule has 1 rings (SSSR count). The Kier molecular flexibility index (Phi) is 11.0. The molecule has 0 amide bonds. The molecule has 122 valence electrons. The van der Waals surface area contributed by atoms with Gasteiger partial charge in [0.1, 0.15) is 5.01 Å². The van der Waals surface area contributed by atoms with E-state index in [2.05, 4.69) is 53.2 Å². The van der Waals surface area contributed by atoms with Crippen LogP contribution in [0.5, 0.6) is 0 Å². The molecule has 0 aliphatic heterocycles. The number of likely N-dealkylation sites (N-methyl/N-ethyl adjacent to an activating group) is 1. The largest absolute Gasteiger partial charge is 0.355 e. The van der Waals surface area contributed by atoms with Crippen molar-refractivity contribution in [3.05, 3.63) is 16.1 Å². The molecule has 0 fully saturated rings. The Labute approximate surface area is 149 Å². The number of rotatable bonds is 7. The molecule has 0 unspecified atom stereocenters. The summed E-state index contributed by atoms with van der Waals surface area (Å²) in [5, 5.41) is 7.71. The van der Waals surface area contributed by atoms with Crippen LogP contribution in [0.2, 0.25) is 0 Å². The molecule has 2 N–H and O–H groups in total. The first-order chi connectivity index (χ1) is 9.56. The highest BCUT2D eigenvalue weighted by Crippen LogP contribution is 2.10. The van der Waals surface area contributed by atoms with Gasteiger partial charge in [-0.2, -0.15) is 0 Å². The van der Waals surface area contributed by atoms with Crippen molar-refractivity contribution in [2.45, 2.75) is 40.3 Å². The second kappa shape index (κ2) is 11.2. The summed E-state index contributed by atoms with van der Waals surface area (Å²) >= 11 is 1.71. The van der Waals surface area contributed by atoms with E-state index in [4.69, 9.17) is 0 Å². The number of aryl methyl sites for hydroxylation is 1. The molecule has 1 aromatic rings. The number of aromatic nitrogens is 1. The molecular weight excluding hydrogens is 397 g/mol. The molecule has 21 heavy (non-hydrogen) atoms. The summed E-state index contributed by atoms with van der Waals surface area (Å²) in [5.41, 5.74) is 0. The summed E-state index contributed by atoms with van der Waals surface area (Å²) in [7, 11) is 1.79. The van der Waals surface area contributed by atoms with Gasteiger partial charge in [-0.3, -0.25) is 9.89 Å². The van der Waals surface area contributed by atoms with E-state index in [1.807, 2.05) is 6.20 Å². The summed E-state index contributed by atoms with van der Waals surface area (Å²) in [6.07, 6.45) is 1.90. The van der Waals surface area contributed by atoms with E-state index in [0.717, 1.165) is 37.1 Å². The lowest BCUT2D eigenvalue weighted by Crippen LogP contribution is -2.42. The van der Waals surface area contributed by atoms with Crippen LogP contribution >= 0.6 is 35.3 Å². The van der Waals surface area contributed by atoms with Crippen LogP contribution < -0.4 is 10.6 Å². The maximum absolute atomic E-state index is 4.33. The Morgan fingerprint density at radius 1 is 1.43 bits per heavy atom. The highest BCUT2D eigenvalue weighted by atomic mass is 127. The fraction of sp³-hybridized carbons (Fsp3) is 0.714. The van der Waals surface area contributed by atoms with Gasteiger partial charge >= 0.3 is 0 Å². The number of halogens is 1. The van der Waals surface area contributed by atoms with Crippen LogP contribution in [0, 0.1) is 6.92 Å². The molecule has 0 atom stereocenters. The molecule has 0 saturated heterocycles. The lowest BCUT2D eigenvalue weighted by molar-refractivity contribution is 0.237. The maximum atomic E-state index is 4.33. The van der Waals surface area contributed by atoms with Gasteiger partial charge in [-0.15, -0.1) is 35.3 Å². The maximum Gasteiger partial charge on any atom is 0.191 e. The summed E-state index contributed by atoms with van der Waals surface area (Å²) in [4.78, 5) is 12.2. The van der Waals surface area contributed by atoms with E-state index in [1.54, 1.807) is 18.4 Å². The number of nitrogens with one attached hydrogen (secondary N) is 2. The predicted molar refractivity (Wildman–Crippen MR) is 103 cm³/mol. The van der Waals surface area contributed by atoms with Crippen LogP contribution in [-0.2, 0) is 6.54 Å². The fourth-order valence-corrected chi connectivity index (χ4v) is 2.69. The average molecular weight is 425 g/mol. The van der Waals surface area contributed by atoms with E-state index >= 15 is 0 Å². The summed E-state index contributed by atoms with van der Waals surface area (Å²) in [6, 6.07) is 0.579. The minimum absolute atomic E-state index is 0. The zero-order valence-electron chi connectivity index (χ0n) is 13.6. The van der Waals surface area contributed by atoms with Gasteiger partial charge in [0.05, 0.1) is 6.54 Å². The molecule has 0 aliphatic rings. The third-order valence-corrected chi connectivity index (χ3v) is 4.04. The van der Waals surface area contributed by atoms with Crippen molar-refractivity contribution in [3.8, 4) is 0 Å². The van der Waals surface area contributed by atoms with Crippen LogP contribution in [0.25, 0.3) is 0 Å². The Hall–Kier alpha value is -0.410. The average Bonchev–Trinajstić information content (AvgIpc) is 2.83. The van der Waals surface area contributed by atoms with Crippen LogP contribution in [0.4, 0.5) is 0 Å². The van der Waals surface area contributed by atoms with Gasteiger partial charge in [0, 0.05) is 37.3 Å². The number of hydrogen-bond acceptors (Lipinski definition) is 4. The number of thiazole rings is 1. The molecule has 0 radical (unpaired) electrons. The van der Waals surface area contributed by atoms with Gasteiger partial charge in [0.15, 0.2) is 5.96 Å². The van der Waals surface area contributed by atoms with E-state index in [1.165, 1.54) is 4.88 Å². The fourth-order valence-electron chi connectivity index (χ4n) is 1.96. The molecule has 1 heterocycles. The second-order valence-corrected chi connectivity index (χ2v) is 6.26. The van der Waals surface area contributed by atoms with Gasteiger partial charge in [-0.25, -0.2) is 4.98 Å². The standard InChI is InChI=1S/C14H27N5S.HI/c1-6-19(11(2)3)8-7-16-14(15-5)18-10-13-17-9-12(4)20-13;/h9,11H,6-8,10H2,1-5H3,(H2,15,16,18);1H. The van der Waals surface area contributed by atoms with Crippen molar-refractivity contribution >= 4 is 41.3 Å². The number of aliphatic imine (C=N–C) groups is 1. The van der Waals surface area contributed by atoms with Crippen molar-refractivity contribution < 1.29 is 0 Å². The van der Waals surface area contributed by atoms with Crippen molar-refractivity contribution in [1.82, 2.24) is 20.5 Å². The molecule has 0 bridgehead atoms. The first-order valence-electron chi connectivity index (χ1n) is 7.16. The SMILES string of the molecule is CCN(CCNC(=NC)NCc1ncc(C)s1)C(C)C.I. The van der Waals surface area contributed by atoms with Gasteiger partial charge in [-0.05, 0) is 27.3 Å². The van der Waals surface area contributed by atoms with Gasteiger partial charge in [0.25, 0.3) is 0 Å². The zero-order valence-corrected chi connectivity index (χ0v) is 16.8. The normalized spacial score (nSPS) is 11.7. The van der Waals surface area contributed by atoms with Crippen molar-refractivity contribution in [1.29, 1.82) is 0 Å². The van der Waals surface area contributed by atoms with Gasteiger partial charge in [-0.1, -0.05) is 6.92 Å². The molecule has 0 spiro atoms. The van der Waals surface area contributed by atoms with E-state index in [9.17, 15) is 0 Å². The van der Waals surface area contributed by atoms with Crippen molar-refractivity contribution in [2.75, 3.05) is 26.7 Å². The lowest BCUT2D eigenvalue weighted by Gasteiger charge is -2.25. The minimum Gasteiger partial charge on any atom is -0.355 e. The summed E-state index contributed by atoms with van der Waals surface area (Å²) in [5.74, 6) is 0.831. The molecule has 0 aromatic carbocycles. The Bertz CT molecular complexity index is 419. The van der Waals surface area contributed by atoms with Gasteiger partial charge in [0.2, 0.25) is 0 Å². The van der Waals surface area contributed by atoms with Crippen LogP contribution in [0.15, 0.2) is 11.2 Å². The van der Waals surface area contributed by atoms with E-state index < -0.39 is 0 Å². The van der Waals surface area contributed by atoms with E-state index in [0.29, 0.717) is 6.04 Å². The van der Waals surface area contributed by atoms with Crippen LogP contribution in [-0.4, -0.2) is 48.6 Å². The number of guanidine groups is 1. The quantitative estimate of drug-likeness (QED) is 0.401. The summed E-state index contributed by atoms with van der Waals surface area (Å²) < 4.78 is 0. The smallest absolute Gasteiger partial charge is 0.191 e. The summed E-state index contributed by atoms with van der Waals surface area (Å²) in [6.45, 7) is 12.4. The van der Waals surface area contributed by atoms with Crippen molar-refractivity contribution in [3.63, 3.8) is 0 Å². The van der Waals surface area contributed by atoms with Crippen molar-refractivity contribution in [2.24, 2.45) is 4.99 Å². The Morgan fingerprint density at radius 3 is 2.62 bits per heavy atom. The first kappa shape index (κ1) is 20.6. The predicted octanol–water partition coefficient (Wildman–Crippen LogP) is 2.46. The molecule has 5 nitrogen and oxygen atoms in total. The third-order valence-electron chi connectivity index (χ3n) is 3.13. The third kappa shape index (κ3) is 7.96. The highest BCUT2D eigenvalue weighted by molar-refractivity contribution is 14.0. The molecular formula is C14H28IN5S.